The number of hydrogen-bond donors (Lipinski definition) is 1. The molecule has 0 fully saturated rings. The van der Waals surface area contributed by atoms with Gasteiger partial charge in [0.2, 0.25) is 0 Å². The number of nitrogens with zero attached hydrogens (tertiary/aromatic N) is 1. The number of ether oxygens (including phenoxy) is 2. The van der Waals surface area contributed by atoms with Crippen LogP contribution in [0.4, 0.5) is 5.69 Å². The topological polar surface area (TPSA) is 84.9 Å². The lowest BCUT2D eigenvalue weighted by Gasteiger charge is -2.19. The maximum Gasteiger partial charge on any atom is 0.261 e. The molecule has 0 aromatic heterocycles. The van der Waals surface area contributed by atoms with Gasteiger partial charge in [-0.2, -0.15) is 0 Å². The summed E-state index contributed by atoms with van der Waals surface area (Å²) in [7, 11) is -0.635. The van der Waals surface area contributed by atoms with Crippen molar-refractivity contribution in [3.63, 3.8) is 0 Å². The third-order valence-electron chi connectivity index (χ3n) is 4.76. The zero-order chi connectivity index (χ0) is 23.1. The number of rotatable bonds is 9. The molecule has 0 aliphatic heterocycles. The number of sulfonamides is 1. The summed E-state index contributed by atoms with van der Waals surface area (Å²) in [6.07, 6.45) is 0. The molecule has 0 radical (unpaired) electrons. The number of nitrogens with one attached hydrogen (secondary N) is 1. The Labute approximate surface area is 188 Å². The van der Waals surface area contributed by atoms with Gasteiger partial charge in [0.1, 0.15) is 11.5 Å². The molecular formula is C24H26N2O5S. The van der Waals surface area contributed by atoms with Crippen LogP contribution in [-0.2, 0) is 16.6 Å². The molecule has 0 heterocycles. The third kappa shape index (κ3) is 5.59. The van der Waals surface area contributed by atoms with Crippen LogP contribution in [0.2, 0.25) is 0 Å². The Kier molecular flexibility index (Phi) is 7.37. The molecule has 8 heteroatoms. The van der Waals surface area contributed by atoms with E-state index in [0.717, 1.165) is 5.56 Å². The lowest BCUT2D eigenvalue weighted by Crippen LogP contribution is -2.26. The minimum Gasteiger partial charge on any atom is -0.496 e. The predicted molar refractivity (Wildman–Crippen MR) is 124 cm³/mol. The van der Waals surface area contributed by atoms with Crippen LogP contribution < -0.4 is 14.2 Å². The van der Waals surface area contributed by atoms with Gasteiger partial charge in [-0.1, -0.05) is 24.3 Å². The van der Waals surface area contributed by atoms with Crippen LogP contribution in [-0.4, -0.2) is 40.0 Å². The van der Waals surface area contributed by atoms with Crippen LogP contribution in [0.15, 0.2) is 77.7 Å². The summed E-state index contributed by atoms with van der Waals surface area (Å²) >= 11 is 0. The second-order valence-electron chi connectivity index (χ2n) is 7.06. The fraction of sp³-hybridized carbons (Fsp3) is 0.208. The Morgan fingerprint density at radius 3 is 2.41 bits per heavy atom. The molecule has 0 unspecified atom stereocenters. The number of para-hydroxylation sites is 1. The molecule has 0 bridgehead atoms. The van der Waals surface area contributed by atoms with Crippen LogP contribution in [0.1, 0.15) is 22.8 Å². The van der Waals surface area contributed by atoms with Crippen molar-refractivity contribution in [2.75, 3.05) is 25.5 Å². The molecule has 3 aromatic carbocycles. The summed E-state index contributed by atoms with van der Waals surface area (Å²) in [6, 6.07) is 20.0. The van der Waals surface area contributed by atoms with E-state index in [9.17, 15) is 13.2 Å². The average molecular weight is 455 g/mol. The van der Waals surface area contributed by atoms with Gasteiger partial charge in [-0.3, -0.25) is 9.52 Å². The minimum atomic E-state index is -3.87. The van der Waals surface area contributed by atoms with Crippen LogP contribution in [0.3, 0.4) is 0 Å². The number of carbonyl (C=O) groups is 1. The fourth-order valence-corrected chi connectivity index (χ4v) is 4.28. The van der Waals surface area contributed by atoms with E-state index in [4.69, 9.17) is 9.47 Å². The van der Waals surface area contributed by atoms with Crippen molar-refractivity contribution in [1.82, 2.24) is 4.90 Å². The number of amides is 1. The van der Waals surface area contributed by atoms with Crippen molar-refractivity contribution in [3.8, 4) is 11.5 Å². The summed E-state index contributed by atoms with van der Waals surface area (Å²) in [6.45, 7) is 2.72. The van der Waals surface area contributed by atoms with E-state index in [0.29, 0.717) is 30.3 Å². The SMILES string of the molecule is CCOc1ccc(NS(=O)(=O)c2cccc(C(=O)N(C)Cc3ccccc3OC)c2)cc1. The Morgan fingerprint density at radius 2 is 1.72 bits per heavy atom. The first-order chi connectivity index (χ1) is 15.3. The summed E-state index contributed by atoms with van der Waals surface area (Å²) < 4.78 is 38.9. The molecule has 3 aromatic rings. The van der Waals surface area contributed by atoms with Gasteiger partial charge in [0.05, 0.1) is 18.6 Å². The zero-order valence-corrected chi connectivity index (χ0v) is 19.1. The molecule has 1 amide bonds. The zero-order valence-electron chi connectivity index (χ0n) is 18.2. The van der Waals surface area contributed by atoms with E-state index in [1.807, 2.05) is 31.2 Å². The molecule has 0 saturated heterocycles. The van der Waals surface area contributed by atoms with Crippen LogP contribution in [0.5, 0.6) is 11.5 Å². The Bertz CT molecular complexity index is 1180. The molecule has 0 aliphatic rings. The van der Waals surface area contributed by atoms with Gasteiger partial charge in [0.15, 0.2) is 0 Å². The normalized spacial score (nSPS) is 11.0. The van der Waals surface area contributed by atoms with Crippen LogP contribution in [0, 0.1) is 0 Å². The lowest BCUT2D eigenvalue weighted by molar-refractivity contribution is 0.0784. The standard InChI is InChI=1S/C24H26N2O5S/c1-4-31-21-14-12-20(13-15-21)25-32(28,29)22-10-7-9-18(16-22)24(27)26(2)17-19-8-5-6-11-23(19)30-3/h5-16,25H,4,17H2,1-3H3. The van der Waals surface area contributed by atoms with Gasteiger partial charge in [-0.25, -0.2) is 8.42 Å². The van der Waals surface area contributed by atoms with Gasteiger partial charge in [0, 0.05) is 30.4 Å². The van der Waals surface area contributed by atoms with E-state index in [1.165, 1.54) is 17.0 Å². The summed E-state index contributed by atoms with van der Waals surface area (Å²) in [5.41, 5.74) is 1.53. The van der Waals surface area contributed by atoms with E-state index < -0.39 is 10.0 Å². The van der Waals surface area contributed by atoms with Gasteiger partial charge in [-0.05, 0) is 55.5 Å². The quantitative estimate of drug-likeness (QED) is 0.525. The van der Waals surface area contributed by atoms with E-state index in [-0.39, 0.29) is 16.4 Å². The van der Waals surface area contributed by atoms with Crippen molar-refractivity contribution in [1.29, 1.82) is 0 Å². The number of hydrogen-bond acceptors (Lipinski definition) is 5. The van der Waals surface area contributed by atoms with Crippen molar-refractivity contribution in [3.05, 3.63) is 83.9 Å². The van der Waals surface area contributed by atoms with Crippen molar-refractivity contribution in [2.45, 2.75) is 18.4 Å². The molecular weight excluding hydrogens is 428 g/mol. The average Bonchev–Trinajstić information content (AvgIpc) is 2.80. The molecule has 7 nitrogen and oxygen atoms in total. The van der Waals surface area contributed by atoms with Gasteiger partial charge >= 0.3 is 0 Å². The second-order valence-corrected chi connectivity index (χ2v) is 8.75. The van der Waals surface area contributed by atoms with Crippen molar-refractivity contribution >= 4 is 21.6 Å². The van der Waals surface area contributed by atoms with Gasteiger partial charge in [0.25, 0.3) is 15.9 Å². The Balaban J connectivity index is 1.76. The third-order valence-corrected chi connectivity index (χ3v) is 6.13. The molecule has 0 spiro atoms. The van der Waals surface area contributed by atoms with Crippen molar-refractivity contribution < 1.29 is 22.7 Å². The highest BCUT2D eigenvalue weighted by Gasteiger charge is 2.19. The maximum atomic E-state index is 12.9. The van der Waals surface area contributed by atoms with E-state index in [2.05, 4.69) is 4.72 Å². The number of carbonyl (C=O) groups excluding carboxylic acids is 1. The molecule has 1 N–H and O–H groups in total. The van der Waals surface area contributed by atoms with E-state index >= 15 is 0 Å². The lowest BCUT2D eigenvalue weighted by atomic mass is 10.1. The van der Waals surface area contributed by atoms with Gasteiger partial charge in [-0.15, -0.1) is 0 Å². The highest BCUT2D eigenvalue weighted by atomic mass is 32.2. The molecule has 0 atom stereocenters. The number of methoxy groups -OCH3 is 1. The van der Waals surface area contributed by atoms with Crippen LogP contribution in [0.25, 0.3) is 0 Å². The molecule has 3 rings (SSSR count). The minimum absolute atomic E-state index is 0.00271. The first-order valence-electron chi connectivity index (χ1n) is 10.1. The maximum absolute atomic E-state index is 12.9. The first kappa shape index (κ1) is 23.1. The first-order valence-corrected chi connectivity index (χ1v) is 11.6. The number of benzene rings is 3. The second kappa shape index (κ2) is 10.2. The summed E-state index contributed by atoms with van der Waals surface area (Å²) in [4.78, 5) is 14.5. The molecule has 168 valence electrons. The Morgan fingerprint density at radius 1 is 1.00 bits per heavy atom. The van der Waals surface area contributed by atoms with E-state index in [1.54, 1.807) is 50.6 Å². The summed E-state index contributed by atoms with van der Waals surface area (Å²) in [5.74, 6) is 1.04. The molecule has 0 aliphatic carbocycles. The van der Waals surface area contributed by atoms with Crippen molar-refractivity contribution in [2.24, 2.45) is 0 Å². The largest absolute Gasteiger partial charge is 0.496 e. The Hall–Kier alpha value is -3.52. The molecule has 32 heavy (non-hydrogen) atoms. The predicted octanol–water partition coefficient (Wildman–Crippen LogP) is 4.17. The summed E-state index contributed by atoms with van der Waals surface area (Å²) in [5, 5.41) is 0. The molecule has 0 saturated carbocycles. The monoisotopic (exact) mass is 454 g/mol. The number of anilines is 1. The highest BCUT2D eigenvalue weighted by molar-refractivity contribution is 7.92. The highest BCUT2D eigenvalue weighted by Crippen LogP contribution is 2.22. The smallest absolute Gasteiger partial charge is 0.261 e. The van der Waals surface area contributed by atoms with Crippen LogP contribution >= 0.6 is 0 Å². The van der Waals surface area contributed by atoms with Gasteiger partial charge < -0.3 is 14.4 Å². The fourth-order valence-electron chi connectivity index (χ4n) is 3.18.